The Labute approximate surface area is 161 Å². The highest BCUT2D eigenvalue weighted by Crippen LogP contribution is 2.53. The second kappa shape index (κ2) is 8.27. The van der Waals surface area contributed by atoms with Crippen LogP contribution in [0.2, 0.25) is 0 Å². The fourth-order valence-corrected chi connectivity index (χ4v) is 7.64. The van der Waals surface area contributed by atoms with Gasteiger partial charge in [0.2, 0.25) is 0 Å². The van der Waals surface area contributed by atoms with Crippen molar-refractivity contribution >= 4 is 28.5 Å². The standard InChI is InChI=1S/C23H19NP.ClH/c1-4-10-20(11-5-1)25(21-12-6-2-7-13-21,22-14-8-3-9-15-22)23-16-18-24-19-17-23;/h1-19H;1H/q+1;/p-1. The summed E-state index contributed by atoms with van der Waals surface area (Å²) in [5.74, 6) is 0. The van der Waals surface area contributed by atoms with E-state index in [-0.39, 0.29) is 12.4 Å². The molecular weight excluding hydrogens is 357 g/mol. The summed E-state index contributed by atoms with van der Waals surface area (Å²) >= 11 is 0. The number of rotatable bonds is 4. The summed E-state index contributed by atoms with van der Waals surface area (Å²) in [6.07, 6.45) is 3.80. The topological polar surface area (TPSA) is 12.9 Å². The normalized spacial score (nSPS) is 10.8. The minimum atomic E-state index is -1.95. The van der Waals surface area contributed by atoms with Crippen molar-refractivity contribution < 1.29 is 12.4 Å². The highest BCUT2D eigenvalue weighted by atomic mass is 35.5. The van der Waals surface area contributed by atoms with Crippen molar-refractivity contribution in [3.05, 3.63) is 116 Å². The molecule has 0 aliphatic heterocycles. The molecule has 0 aliphatic rings. The van der Waals surface area contributed by atoms with E-state index in [0.29, 0.717) is 0 Å². The Hall–Kier alpha value is -2.47. The van der Waals surface area contributed by atoms with Gasteiger partial charge in [0.15, 0.2) is 0 Å². The van der Waals surface area contributed by atoms with Gasteiger partial charge in [-0.2, -0.15) is 0 Å². The number of pyridine rings is 1. The van der Waals surface area contributed by atoms with Crippen LogP contribution in [0.3, 0.4) is 0 Å². The number of hydrogen-bond acceptors (Lipinski definition) is 1. The van der Waals surface area contributed by atoms with Gasteiger partial charge in [0.25, 0.3) is 0 Å². The molecule has 0 fully saturated rings. The Morgan fingerprint density at radius 1 is 0.423 bits per heavy atom. The molecule has 0 radical (unpaired) electrons. The van der Waals surface area contributed by atoms with E-state index >= 15 is 0 Å². The molecule has 26 heavy (non-hydrogen) atoms. The lowest BCUT2D eigenvalue weighted by Crippen LogP contribution is -3.00. The first-order chi connectivity index (χ1) is 12.4. The third-order valence-corrected chi connectivity index (χ3v) is 8.77. The number of nitrogens with zero attached hydrogens (tertiary/aromatic N) is 1. The van der Waals surface area contributed by atoms with Gasteiger partial charge in [-0.05, 0) is 48.5 Å². The van der Waals surface area contributed by atoms with Gasteiger partial charge in [0.1, 0.15) is 28.5 Å². The van der Waals surface area contributed by atoms with Crippen molar-refractivity contribution in [1.29, 1.82) is 0 Å². The van der Waals surface area contributed by atoms with Gasteiger partial charge in [0.05, 0.1) is 0 Å². The molecule has 3 aromatic carbocycles. The van der Waals surface area contributed by atoms with E-state index < -0.39 is 7.26 Å². The molecule has 1 nitrogen and oxygen atoms in total. The molecule has 0 aliphatic carbocycles. The fraction of sp³-hybridized carbons (Fsp3) is 0. The van der Waals surface area contributed by atoms with E-state index in [1.165, 1.54) is 21.2 Å². The van der Waals surface area contributed by atoms with Gasteiger partial charge < -0.3 is 12.4 Å². The molecule has 0 amide bonds. The number of aromatic nitrogens is 1. The van der Waals surface area contributed by atoms with Crippen molar-refractivity contribution in [2.75, 3.05) is 0 Å². The molecule has 4 rings (SSSR count). The maximum absolute atomic E-state index is 4.26. The van der Waals surface area contributed by atoms with Crippen LogP contribution in [0.25, 0.3) is 0 Å². The predicted molar refractivity (Wildman–Crippen MR) is 109 cm³/mol. The fourth-order valence-electron chi connectivity index (χ4n) is 3.42. The molecule has 0 saturated heterocycles. The second-order valence-electron chi connectivity index (χ2n) is 5.88. The maximum Gasteiger partial charge on any atom is 0.144 e. The van der Waals surface area contributed by atoms with Crippen LogP contribution in [-0.4, -0.2) is 4.98 Å². The van der Waals surface area contributed by atoms with E-state index in [4.69, 9.17) is 0 Å². The lowest BCUT2D eigenvalue weighted by atomic mass is 10.3. The van der Waals surface area contributed by atoms with Crippen molar-refractivity contribution in [2.45, 2.75) is 0 Å². The Morgan fingerprint density at radius 2 is 0.731 bits per heavy atom. The van der Waals surface area contributed by atoms with E-state index in [2.05, 4.69) is 108 Å². The SMILES string of the molecule is [Cl-].c1ccc([P+](c2ccccc2)(c2ccccc2)c2ccncc2)cc1. The zero-order valence-corrected chi connectivity index (χ0v) is 15.9. The van der Waals surface area contributed by atoms with Crippen LogP contribution >= 0.6 is 7.26 Å². The highest BCUT2D eigenvalue weighted by molar-refractivity contribution is 8.01. The van der Waals surface area contributed by atoms with Crippen molar-refractivity contribution in [2.24, 2.45) is 0 Å². The molecule has 4 aromatic rings. The van der Waals surface area contributed by atoms with Crippen LogP contribution in [0.1, 0.15) is 0 Å². The highest BCUT2D eigenvalue weighted by Gasteiger charge is 2.47. The summed E-state index contributed by atoms with van der Waals surface area (Å²) in [7, 11) is -1.95. The Balaban J connectivity index is 0.00000196. The van der Waals surface area contributed by atoms with Crippen LogP contribution < -0.4 is 33.6 Å². The van der Waals surface area contributed by atoms with Gasteiger partial charge in [-0.1, -0.05) is 54.6 Å². The second-order valence-corrected chi connectivity index (χ2v) is 9.29. The van der Waals surface area contributed by atoms with Crippen molar-refractivity contribution in [3.8, 4) is 0 Å². The first kappa shape index (κ1) is 18.3. The molecule has 0 saturated carbocycles. The number of halogens is 1. The average Bonchev–Trinajstić information content (AvgIpc) is 2.72. The summed E-state index contributed by atoms with van der Waals surface area (Å²) < 4.78 is 0. The quantitative estimate of drug-likeness (QED) is 0.479. The van der Waals surface area contributed by atoms with Gasteiger partial charge in [0, 0.05) is 12.4 Å². The number of benzene rings is 3. The molecule has 1 heterocycles. The molecule has 0 N–H and O–H groups in total. The van der Waals surface area contributed by atoms with E-state index in [9.17, 15) is 0 Å². The molecule has 0 unspecified atom stereocenters. The first-order valence-corrected chi connectivity index (χ1v) is 10.2. The minimum absolute atomic E-state index is 0. The van der Waals surface area contributed by atoms with Gasteiger partial charge in [-0.25, -0.2) is 0 Å². The Kier molecular flexibility index (Phi) is 5.83. The molecule has 0 bridgehead atoms. The molecule has 128 valence electrons. The van der Waals surface area contributed by atoms with Crippen LogP contribution in [0.5, 0.6) is 0 Å². The molecule has 1 aromatic heterocycles. The van der Waals surface area contributed by atoms with Crippen LogP contribution in [-0.2, 0) is 0 Å². The van der Waals surface area contributed by atoms with Crippen molar-refractivity contribution in [3.63, 3.8) is 0 Å². The third-order valence-electron chi connectivity index (χ3n) is 4.48. The molecular formula is C23H19ClNP. The minimum Gasteiger partial charge on any atom is -1.00 e. The van der Waals surface area contributed by atoms with E-state index in [1.54, 1.807) is 0 Å². The summed E-state index contributed by atoms with van der Waals surface area (Å²) in [4.78, 5) is 4.26. The van der Waals surface area contributed by atoms with Gasteiger partial charge in [-0.15, -0.1) is 0 Å². The Bertz CT molecular complexity index is 765. The maximum atomic E-state index is 4.26. The average molecular weight is 376 g/mol. The van der Waals surface area contributed by atoms with Gasteiger partial charge in [-0.3, -0.25) is 4.98 Å². The van der Waals surface area contributed by atoms with E-state index in [0.717, 1.165) is 0 Å². The molecule has 0 atom stereocenters. The first-order valence-electron chi connectivity index (χ1n) is 8.39. The van der Waals surface area contributed by atoms with Crippen molar-refractivity contribution in [1.82, 2.24) is 4.98 Å². The molecule has 3 heteroatoms. The van der Waals surface area contributed by atoms with E-state index in [1.807, 2.05) is 12.4 Å². The lowest BCUT2D eigenvalue weighted by Gasteiger charge is -2.27. The zero-order chi connectivity index (χ0) is 17.0. The summed E-state index contributed by atoms with van der Waals surface area (Å²) in [5.41, 5.74) is 0. The Morgan fingerprint density at radius 3 is 1.08 bits per heavy atom. The zero-order valence-electron chi connectivity index (χ0n) is 14.2. The summed E-state index contributed by atoms with van der Waals surface area (Å²) in [6.45, 7) is 0. The molecule has 0 spiro atoms. The predicted octanol–water partition coefficient (Wildman–Crippen LogP) is 0.705. The summed E-state index contributed by atoms with van der Waals surface area (Å²) in [5, 5.41) is 5.40. The lowest BCUT2D eigenvalue weighted by molar-refractivity contribution is -0.00000480. The van der Waals surface area contributed by atoms with Gasteiger partial charge >= 0.3 is 0 Å². The third kappa shape index (κ3) is 3.17. The summed E-state index contributed by atoms with van der Waals surface area (Å²) in [6, 6.07) is 37.0. The largest absolute Gasteiger partial charge is 1.00 e. The number of hydrogen-bond donors (Lipinski definition) is 0. The van der Waals surface area contributed by atoms with Crippen LogP contribution in [0.15, 0.2) is 116 Å². The smallest absolute Gasteiger partial charge is 0.144 e. The van der Waals surface area contributed by atoms with Crippen LogP contribution in [0.4, 0.5) is 0 Å². The monoisotopic (exact) mass is 375 g/mol. The van der Waals surface area contributed by atoms with Crippen LogP contribution in [0, 0.1) is 0 Å².